The van der Waals surface area contributed by atoms with E-state index in [-0.39, 0.29) is 0 Å². The van der Waals surface area contributed by atoms with Crippen LogP contribution in [0.25, 0.3) is 0 Å². The van der Waals surface area contributed by atoms with Crippen molar-refractivity contribution >= 4 is 0 Å². The van der Waals surface area contributed by atoms with E-state index >= 15 is 0 Å². The van der Waals surface area contributed by atoms with Crippen molar-refractivity contribution in [3.8, 4) is 0 Å². The van der Waals surface area contributed by atoms with Gasteiger partial charge in [-0.05, 0) is 52.2 Å². The number of hydrogen-bond acceptors (Lipinski definition) is 2. The lowest BCUT2D eigenvalue weighted by Gasteiger charge is -2.23. The lowest BCUT2D eigenvalue weighted by atomic mass is 10.1. The Bertz CT molecular complexity index is 108. The summed E-state index contributed by atoms with van der Waals surface area (Å²) in [6.07, 6.45) is 6.63. The summed E-state index contributed by atoms with van der Waals surface area (Å²) in [7, 11) is 0. The zero-order valence-electron chi connectivity index (χ0n) is 8.26. The first-order valence-electron chi connectivity index (χ1n) is 5.28. The van der Waals surface area contributed by atoms with E-state index in [1.807, 2.05) is 0 Å². The molecule has 0 spiro atoms. The lowest BCUT2D eigenvalue weighted by molar-refractivity contribution is 0.243. The van der Waals surface area contributed by atoms with Crippen LogP contribution in [0, 0.1) is 0 Å². The molecule has 0 aromatic heterocycles. The fourth-order valence-electron chi connectivity index (χ4n) is 1.95. The Morgan fingerprint density at radius 2 is 1.92 bits per heavy atom. The third-order valence-corrected chi connectivity index (χ3v) is 2.84. The molecule has 0 aliphatic carbocycles. The summed E-state index contributed by atoms with van der Waals surface area (Å²) in [5.41, 5.74) is 5.45. The fourth-order valence-corrected chi connectivity index (χ4v) is 1.95. The molecule has 1 atom stereocenters. The Morgan fingerprint density at radius 3 is 2.50 bits per heavy atom. The third-order valence-electron chi connectivity index (χ3n) is 2.84. The molecule has 0 aromatic rings. The minimum Gasteiger partial charge on any atom is -0.330 e. The van der Waals surface area contributed by atoms with E-state index in [2.05, 4.69) is 11.8 Å². The first-order chi connectivity index (χ1) is 5.84. The van der Waals surface area contributed by atoms with Crippen LogP contribution in [0.3, 0.4) is 0 Å². The standard InChI is InChI=1S/C10H22N2/c1-10(6-2-3-7-11)12-8-4-5-9-12/h10H,2-9,11H2,1H3. The molecule has 0 amide bonds. The average Bonchev–Trinajstić information content (AvgIpc) is 2.56. The van der Waals surface area contributed by atoms with Gasteiger partial charge >= 0.3 is 0 Å². The molecular weight excluding hydrogens is 148 g/mol. The van der Waals surface area contributed by atoms with Gasteiger partial charge in [-0.25, -0.2) is 0 Å². The van der Waals surface area contributed by atoms with Crippen LogP contribution in [0.15, 0.2) is 0 Å². The van der Waals surface area contributed by atoms with E-state index in [1.165, 1.54) is 45.2 Å². The zero-order valence-corrected chi connectivity index (χ0v) is 8.26. The van der Waals surface area contributed by atoms with Crippen LogP contribution in [0.5, 0.6) is 0 Å². The van der Waals surface area contributed by atoms with E-state index in [4.69, 9.17) is 5.73 Å². The highest BCUT2D eigenvalue weighted by atomic mass is 15.2. The van der Waals surface area contributed by atoms with Gasteiger partial charge in [0.1, 0.15) is 0 Å². The van der Waals surface area contributed by atoms with E-state index in [0.29, 0.717) is 0 Å². The van der Waals surface area contributed by atoms with Crippen LogP contribution in [0.1, 0.15) is 39.0 Å². The van der Waals surface area contributed by atoms with Crippen LogP contribution in [0.2, 0.25) is 0 Å². The van der Waals surface area contributed by atoms with E-state index in [1.54, 1.807) is 0 Å². The predicted molar refractivity (Wildman–Crippen MR) is 53.2 cm³/mol. The van der Waals surface area contributed by atoms with Gasteiger partial charge in [-0.2, -0.15) is 0 Å². The molecule has 0 radical (unpaired) electrons. The number of nitrogens with two attached hydrogens (primary N) is 1. The van der Waals surface area contributed by atoms with Crippen LogP contribution < -0.4 is 5.73 Å². The second kappa shape index (κ2) is 5.55. The van der Waals surface area contributed by atoms with E-state index in [0.717, 1.165) is 12.6 Å². The maximum Gasteiger partial charge on any atom is 0.00669 e. The largest absolute Gasteiger partial charge is 0.330 e. The Morgan fingerprint density at radius 1 is 1.25 bits per heavy atom. The van der Waals surface area contributed by atoms with Crippen molar-refractivity contribution in [3.63, 3.8) is 0 Å². The molecule has 1 rings (SSSR count). The summed E-state index contributed by atoms with van der Waals surface area (Å²) in [6, 6.07) is 0.791. The van der Waals surface area contributed by atoms with Crippen molar-refractivity contribution in [2.24, 2.45) is 5.73 Å². The topological polar surface area (TPSA) is 29.3 Å². The fraction of sp³-hybridized carbons (Fsp3) is 1.00. The molecule has 1 aliphatic heterocycles. The second-order valence-electron chi connectivity index (χ2n) is 3.88. The van der Waals surface area contributed by atoms with Crippen LogP contribution in [-0.4, -0.2) is 30.6 Å². The number of rotatable bonds is 5. The number of unbranched alkanes of at least 4 members (excludes halogenated alkanes) is 1. The zero-order chi connectivity index (χ0) is 8.81. The number of hydrogen-bond donors (Lipinski definition) is 1. The highest BCUT2D eigenvalue weighted by molar-refractivity contribution is 4.72. The third kappa shape index (κ3) is 3.11. The molecule has 2 N–H and O–H groups in total. The Balaban J connectivity index is 2.05. The molecule has 1 fully saturated rings. The molecule has 1 aliphatic rings. The van der Waals surface area contributed by atoms with E-state index < -0.39 is 0 Å². The molecular formula is C10H22N2. The van der Waals surface area contributed by atoms with Gasteiger partial charge < -0.3 is 10.6 Å². The molecule has 12 heavy (non-hydrogen) atoms. The first kappa shape index (κ1) is 10.0. The Kier molecular flexibility index (Phi) is 4.62. The van der Waals surface area contributed by atoms with Gasteiger partial charge in [0.05, 0.1) is 0 Å². The van der Waals surface area contributed by atoms with Crippen molar-refractivity contribution < 1.29 is 0 Å². The summed E-state index contributed by atoms with van der Waals surface area (Å²) >= 11 is 0. The lowest BCUT2D eigenvalue weighted by Crippen LogP contribution is -2.29. The van der Waals surface area contributed by atoms with Gasteiger partial charge in [-0.3, -0.25) is 0 Å². The van der Waals surface area contributed by atoms with Crippen molar-refractivity contribution in [1.82, 2.24) is 4.90 Å². The maximum absolute atomic E-state index is 5.45. The predicted octanol–water partition coefficient (Wildman–Crippen LogP) is 1.60. The van der Waals surface area contributed by atoms with Crippen LogP contribution in [0.4, 0.5) is 0 Å². The molecule has 0 aromatic carbocycles. The second-order valence-corrected chi connectivity index (χ2v) is 3.88. The summed E-state index contributed by atoms with van der Waals surface area (Å²) in [6.45, 7) is 5.85. The minimum atomic E-state index is 0.791. The Labute approximate surface area is 76.1 Å². The summed E-state index contributed by atoms with van der Waals surface area (Å²) < 4.78 is 0. The summed E-state index contributed by atoms with van der Waals surface area (Å²) in [5.74, 6) is 0. The van der Waals surface area contributed by atoms with Gasteiger partial charge in [0, 0.05) is 6.04 Å². The number of nitrogens with zero attached hydrogens (tertiary/aromatic N) is 1. The normalized spacial score (nSPS) is 21.5. The van der Waals surface area contributed by atoms with Crippen molar-refractivity contribution in [3.05, 3.63) is 0 Å². The van der Waals surface area contributed by atoms with Gasteiger partial charge in [0.15, 0.2) is 0 Å². The van der Waals surface area contributed by atoms with Crippen molar-refractivity contribution in [2.45, 2.75) is 45.1 Å². The SMILES string of the molecule is CC(CCCCN)N1CCCC1. The Hall–Kier alpha value is -0.0800. The molecule has 1 heterocycles. The number of likely N-dealkylation sites (tertiary alicyclic amines) is 1. The van der Waals surface area contributed by atoms with Gasteiger partial charge in [-0.1, -0.05) is 6.42 Å². The molecule has 0 saturated carbocycles. The smallest absolute Gasteiger partial charge is 0.00669 e. The summed E-state index contributed by atoms with van der Waals surface area (Å²) in [4.78, 5) is 2.61. The summed E-state index contributed by atoms with van der Waals surface area (Å²) in [5, 5.41) is 0. The highest BCUT2D eigenvalue weighted by Gasteiger charge is 2.16. The quantitative estimate of drug-likeness (QED) is 0.635. The minimum absolute atomic E-state index is 0.791. The van der Waals surface area contributed by atoms with Gasteiger partial charge in [0.25, 0.3) is 0 Å². The molecule has 2 nitrogen and oxygen atoms in total. The van der Waals surface area contributed by atoms with Crippen molar-refractivity contribution in [2.75, 3.05) is 19.6 Å². The molecule has 1 unspecified atom stereocenters. The van der Waals surface area contributed by atoms with E-state index in [9.17, 15) is 0 Å². The molecule has 0 bridgehead atoms. The first-order valence-corrected chi connectivity index (χ1v) is 5.28. The highest BCUT2D eigenvalue weighted by Crippen LogP contribution is 2.15. The monoisotopic (exact) mass is 170 g/mol. The van der Waals surface area contributed by atoms with Gasteiger partial charge in [-0.15, -0.1) is 0 Å². The molecule has 72 valence electrons. The molecule has 2 heteroatoms. The van der Waals surface area contributed by atoms with Crippen LogP contribution >= 0.6 is 0 Å². The molecule has 1 saturated heterocycles. The van der Waals surface area contributed by atoms with Crippen LogP contribution in [-0.2, 0) is 0 Å². The maximum atomic E-state index is 5.45. The average molecular weight is 170 g/mol. The van der Waals surface area contributed by atoms with Crippen molar-refractivity contribution in [1.29, 1.82) is 0 Å². The van der Waals surface area contributed by atoms with Gasteiger partial charge in [0.2, 0.25) is 0 Å².